The molecule has 2 aromatic rings. The smallest absolute Gasteiger partial charge is 0.229 e. The zero-order valence-corrected chi connectivity index (χ0v) is 20.1. The molecule has 0 saturated heterocycles. The van der Waals surface area contributed by atoms with E-state index in [0.29, 0.717) is 16.3 Å². The Labute approximate surface area is 198 Å². The molecule has 0 radical (unpaired) electrons. The molecule has 1 amide bonds. The van der Waals surface area contributed by atoms with Crippen molar-refractivity contribution >= 4 is 34.2 Å². The summed E-state index contributed by atoms with van der Waals surface area (Å²) in [6, 6.07) is 7.94. The van der Waals surface area contributed by atoms with Crippen LogP contribution in [0.3, 0.4) is 0 Å². The third-order valence-corrected chi connectivity index (χ3v) is 8.25. The number of nitrogens with one attached hydrogen (secondary N) is 1. The zero-order valence-electron chi connectivity index (χ0n) is 18.5. The van der Waals surface area contributed by atoms with Crippen molar-refractivity contribution in [2.45, 2.75) is 56.4 Å². The lowest BCUT2D eigenvalue weighted by Gasteiger charge is -2.32. The first-order valence-corrected chi connectivity index (χ1v) is 12.9. The standard InChI is InChI=1S/C24H30N4O2S2/c1-30-20-11-17(7-8-22(20)32-26)12-23(29)27-24-18(13-25)19-15-28(10-9-21(19)31-24)14-16-5-3-2-4-6-16/h7-8,11,16H,2-6,9-10,12,14-15,26H2,1H3,(H,27,29). The third kappa shape index (κ3) is 5.29. The first kappa shape index (κ1) is 23.1. The molecule has 4 rings (SSSR count). The number of nitrogens with two attached hydrogens (primary N) is 1. The molecule has 1 aliphatic heterocycles. The van der Waals surface area contributed by atoms with Gasteiger partial charge < -0.3 is 10.1 Å². The largest absolute Gasteiger partial charge is 0.496 e. The first-order chi connectivity index (χ1) is 15.6. The Hall–Kier alpha value is -2.05. The number of anilines is 1. The Kier molecular flexibility index (Phi) is 7.74. The highest BCUT2D eigenvalue weighted by molar-refractivity contribution is 7.97. The number of hydrogen-bond donors (Lipinski definition) is 2. The molecule has 1 fully saturated rings. The Morgan fingerprint density at radius 2 is 2.19 bits per heavy atom. The molecule has 6 nitrogen and oxygen atoms in total. The van der Waals surface area contributed by atoms with E-state index in [1.54, 1.807) is 18.4 Å². The lowest BCUT2D eigenvalue weighted by Crippen LogP contribution is -2.34. The van der Waals surface area contributed by atoms with Crippen molar-refractivity contribution in [1.82, 2.24) is 4.90 Å². The Balaban J connectivity index is 1.43. The summed E-state index contributed by atoms with van der Waals surface area (Å²) in [6.07, 6.45) is 7.89. The minimum atomic E-state index is -0.130. The molecule has 0 atom stereocenters. The van der Waals surface area contributed by atoms with E-state index in [4.69, 9.17) is 9.88 Å². The highest BCUT2D eigenvalue weighted by atomic mass is 32.2. The number of carbonyl (C=O) groups is 1. The quantitative estimate of drug-likeness (QED) is 0.569. The van der Waals surface area contributed by atoms with E-state index in [-0.39, 0.29) is 12.3 Å². The van der Waals surface area contributed by atoms with Crippen molar-refractivity contribution in [2.75, 3.05) is 25.5 Å². The van der Waals surface area contributed by atoms with Gasteiger partial charge in [-0.15, -0.1) is 11.3 Å². The molecule has 0 bridgehead atoms. The Morgan fingerprint density at radius 3 is 2.91 bits per heavy atom. The molecule has 1 aromatic heterocycles. The molecule has 1 aliphatic carbocycles. The number of nitrogens with zero attached hydrogens (tertiary/aromatic N) is 2. The van der Waals surface area contributed by atoms with Crippen LogP contribution in [0.4, 0.5) is 5.00 Å². The van der Waals surface area contributed by atoms with E-state index in [0.717, 1.165) is 59.9 Å². The Bertz CT molecular complexity index is 1010. The van der Waals surface area contributed by atoms with Crippen LogP contribution in [0.15, 0.2) is 23.1 Å². The monoisotopic (exact) mass is 470 g/mol. The van der Waals surface area contributed by atoms with Gasteiger partial charge in [-0.3, -0.25) is 14.8 Å². The number of benzene rings is 1. The first-order valence-electron chi connectivity index (χ1n) is 11.2. The number of methoxy groups -OCH3 is 1. The van der Waals surface area contributed by atoms with Crippen molar-refractivity contribution in [2.24, 2.45) is 11.1 Å². The summed E-state index contributed by atoms with van der Waals surface area (Å²) in [5, 5.41) is 19.2. The van der Waals surface area contributed by atoms with Gasteiger partial charge in [-0.2, -0.15) is 5.26 Å². The van der Waals surface area contributed by atoms with Crippen LogP contribution in [0.1, 0.15) is 53.7 Å². The lowest BCUT2D eigenvalue weighted by atomic mass is 9.88. The Morgan fingerprint density at radius 1 is 1.38 bits per heavy atom. The van der Waals surface area contributed by atoms with Crippen LogP contribution >= 0.6 is 23.3 Å². The zero-order chi connectivity index (χ0) is 22.5. The highest BCUT2D eigenvalue weighted by Gasteiger charge is 2.27. The number of ether oxygens (including phenoxy) is 1. The number of rotatable bonds is 7. The summed E-state index contributed by atoms with van der Waals surface area (Å²) in [7, 11) is 1.59. The van der Waals surface area contributed by atoms with Gasteiger partial charge in [0.25, 0.3) is 0 Å². The van der Waals surface area contributed by atoms with Gasteiger partial charge in [0, 0.05) is 30.1 Å². The molecule has 3 N–H and O–H groups in total. The fraction of sp³-hybridized carbons (Fsp3) is 0.500. The second-order valence-corrected chi connectivity index (χ2v) is 10.4. The van der Waals surface area contributed by atoms with E-state index in [9.17, 15) is 10.1 Å². The molecule has 2 heterocycles. The maximum absolute atomic E-state index is 12.7. The summed E-state index contributed by atoms with van der Waals surface area (Å²) in [5.41, 5.74) is 2.59. The van der Waals surface area contributed by atoms with Crippen LogP contribution in [0.5, 0.6) is 5.75 Å². The molecule has 32 heavy (non-hydrogen) atoms. The van der Waals surface area contributed by atoms with E-state index in [1.807, 2.05) is 18.2 Å². The van der Waals surface area contributed by atoms with Gasteiger partial charge in [0.2, 0.25) is 5.91 Å². The fourth-order valence-electron chi connectivity index (χ4n) is 4.82. The molecule has 0 unspecified atom stereocenters. The van der Waals surface area contributed by atoms with Gasteiger partial charge in [0.15, 0.2) is 0 Å². The summed E-state index contributed by atoms with van der Waals surface area (Å²) in [5.74, 6) is 1.31. The SMILES string of the molecule is COc1cc(CC(=O)Nc2sc3c(c2C#N)CN(CC2CCCCC2)CC3)ccc1SN. The van der Waals surface area contributed by atoms with Gasteiger partial charge in [0.05, 0.1) is 24.0 Å². The van der Waals surface area contributed by atoms with Crippen molar-refractivity contribution < 1.29 is 9.53 Å². The van der Waals surface area contributed by atoms with Crippen LogP contribution in [0, 0.1) is 17.2 Å². The van der Waals surface area contributed by atoms with Gasteiger partial charge in [0.1, 0.15) is 16.8 Å². The average molecular weight is 471 g/mol. The summed E-state index contributed by atoms with van der Waals surface area (Å²) >= 11 is 2.68. The van der Waals surface area contributed by atoms with Crippen LogP contribution in [-0.4, -0.2) is 31.0 Å². The van der Waals surface area contributed by atoms with Gasteiger partial charge in [-0.05, 0) is 54.8 Å². The van der Waals surface area contributed by atoms with E-state index >= 15 is 0 Å². The van der Waals surface area contributed by atoms with Crippen molar-refractivity contribution in [1.29, 1.82) is 5.26 Å². The number of amides is 1. The minimum absolute atomic E-state index is 0.130. The van der Waals surface area contributed by atoms with Crippen LogP contribution < -0.4 is 15.2 Å². The summed E-state index contributed by atoms with van der Waals surface area (Å²) in [6.45, 7) is 2.98. The molecule has 1 aromatic carbocycles. The lowest BCUT2D eigenvalue weighted by molar-refractivity contribution is -0.115. The number of thiophene rings is 1. The predicted molar refractivity (Wildman–Crippen MR) is 130 cm³/mol. The predicted octanol–water partition coefficient (Wildman–Crippen LogP) is 4.71. The normalized spacial score (nSPS) is 16.9. The molecular formula is C24H30N4O2S2. The minimum Gasteiger partial charge on any atom is -0.496 e. The van der Waals surface area contributed by atoms with Gasteiger partial charge in [-0.1, -0.05) is 25.3 Å². The second kappa shape index (κ2) is 10.7. The fourth-order valence-corrected chi connectivity index (χ4v) is 6.39. The van der Waals surface area contributed by atoms with Crippen LogP contribution in [0.2, 0.25) is 0 Å². The van der Waals surface area contributed by atoms with Crippen molar-refractivity contribution in [3.8, 4) is 11.8 Å². The van der Waals surface area contributed by atoms with E-state index in [2.05, 4.69) is 16.3 Å². The highest BCUT2D eigenvalue weighted by Crippen LogP contribution is 2.37. The number of hydrogen-bond acceptors (Lipinski definition) is 7. The van der Waals surface area contributed by atoms with E-state index in [1.165, 1.54) is 37.0 Å². The maximum atomic E-state index is 12.7. The number of nitriles is 1. The van der Waals surface area contributed by atoms with E-state index < -0.39 is 0 Å². The molecule has 2 aliphatic rings. The molecular weight excluding hydrogens is 440 g/mol. The van der Waals surface area contributed by atoms with Crippen LogP contribution in [-0.2, 0) is 24.2 Å². The summed E-state index contributed by atoms with van der Waals surface area (Å²) < 4.78 is 5.35. The molecule has 0 spiro atoms. The molecule has 170 valence electrons. The molecule has 8 heteroatoms. The second-order valence-electron chi connectivity index (χ2n) is 8.64. The topological polar surface area (TPSA) is 91.4 Å². The molecule has 1 saturated carbocycles. The maximum Gasteiger partial charge on any atom is 0.229 e. The van der Waals surface area contributed by atoms with Crippen molar-refractivity contribution in [3.63, 3.8) is 0 Å². The van der Waals surface area contributed by atoms with Gasteiger partial charge >= 0.3 is 0 Å². The number of carbonyl (C=O) groups excluding carboxylic acids is 1. The van der Waals surface area contributed by atoms with Crippen LogP contribution in [0.25, 0.3) is 0 Å². The average Bonchev–Trinajstić information content (AvgIpc) is 3.15. The number of fused-ring (bicyclic) bond motifs is 1. The van der Waals surface area contributed by atoms with Gasteiger partial charge in [-0.25, -0.2) is 0 Å². The third-order valence-electron chi connectivity index (χ3n) is 6.45. The van der Waals surface area contributed by atoms with Crippen molar-refractivity contribution in [3.05, 3.63) is 39.8 Å². The summed E-state index contributed by atoms with van der Waals surface area (Å²) in [4.78, 5) is 17.3.